The molecule has 0 aliphatic rings. The summed E-state index contributed by atoms with van der Waals surface area (Å²) in [5.41, 5.74) is 0.763. The quantitative estimate of drug-likeness (QED) is 0.869. The first-order valence-corrected chi connectivity index (χ1v) is 7.19. The maximum Gasteiger partial charge on any atom is 0.410 e. The second kappa shape index (κ2) is 7.90. The molecule has 1 N–H and O–H groups in total. The molecule has 1 rings (SSSR count). The number of carbonyl (C=O) groups excluding carboxylic acids is 1. The fourth-order valence-electron chi connectivity index (χ4n) is 2.08. The van der Waals surface area contributed by atoms with Crippen LogP contribution in [0.3, 0.4) is 0 Å². The van der Waals surface area contributed by atoms with Gasteiger partial charge in [-0.2, -0.15) is 0 Å². The van der Waals surface area contributed by atoms with Crippen molar-refractivity contribution in [2.24, 2.45) is 5.92 Å². The zero-order valence-electron chi connectivity index (χ0n) is 12.7. The lowest BCUT2D eigenvalue weighted by Gasteiger charge is -2.29. The lowest BCUT2D eigenvalue weighted by Crippen LogP contribution is -2.38. The largest absolute Gasteiger partial charge is 0.443 e. The van der Waals surface area contributed by atoms with Gasteiger partial charge in [0.15, 0.2) is 0 Å². The van der Waals surface area contributed by atoms with Gasteiger partial charge in [-0.1, -0.05) is 44.2 Å². The van der Waals surface area contributed by atoms with E-state index in [1.165, 1.54) is 0 Å². The van der Waals surface area contributed by atoms with Crippen molar-refractivity contribution in [2.45, 2.75) is 39.9 Å². The molecule has 0 radical (unpaired) electrons. The van der Waals surface area contributed by atoms with Gasteiger partial charge in [-0.3, -0.25) is 0 Å². The molecule has 0 saturated heterocycles. The van der Waals surface area contributed by atoms with E-state index >= 15 is 0 Å². The topological polar surface area (TPSA) is 49.8 Å². The van der Waals surface area contributed by atoms with Crippen LogP contribution in [0.5, 0.6) is 0 Å². The average molecular weight is 279 g/mol. The highest BCUT2D eigenvalue weighted by atomic mass is 16.6. The molecule has 0 aliphatic carbocycles. The second-order valence-corrected chi connectivity index (χ2v) is 5.12. The zero-order chi connectivity index (χ0) is 15.1. The summed E-state index contributed by atoms with van der Waals surface area (Å²) in [6.07, 6.45) is -1.73. The molecular weight excluding hydrogens is 254 g/mol. The summed E-state index contributed by atoms with van der Waals surface area (Å²) in [5.74, 6) is 0.0321. The van der Waals surface area contributed by atoms with Gasteiger partial charge in [0.05, 0.1) is 0 Å². The van der Waals surface area contributed by atoms with Crippen LogP contribution in [-0.4, -0.2) is 35.3 Å². The molecule has 0 aromatic heterocycles. The molecule has 0 bridgehead atoms. The van der Waals surface area contributed by atoms with Crippen molar-refractivity contribution in [3.63, 3.8) is 0 Å². The van der Waals surface area contributed by atoms with E-state index in [-0.39, 0.29) is 12.0 Å². The highest BCUT2D eigenvalue weighted by Gasteiger charge is 2.29. The molecule has 2 atom stereocenters. The Bertz CT molecular complexity index is 401. The van der Waals surface area contributed by atoms with Crippen LogP contribution in [0.25, 0.3) is 0 Å². The molecule has 2 unspecified atom stereocenters. The molecular formula is C16H25NO3. The van der Waals surface area contributed by atoms with E-state index in [1.54, 1.807) is 4.90 Å². The van der Waals surface area contributed by atoms with Gasteiger partial charge < -0.3 is 14.7 Å². The Morgan fingerprint density at radius 2 is 1.75 bits per heavy atom. The first-order chi connectivity index (χ1) is 9.51. The molecule has 1 amide bonds. The van der Waals surface area contributed by atoms with E-state index in [0.717, 1.165) is 5.56 Å². The smallest absolute Gasteiger partial charge is 0.410 e. The Hall–Kier alpha value is -1.55. The van der Waals surface area contributed by atoms with Crippen molar-refractivity contribution < 1.29 is 14.6 Å². The highest BCUT2D eigenvalue weighted by molar-refractivity contribution is 5.67. The minimum absolute atomic E-state index is 0.0321. The third-order valence-electron chi connectivity index (χ3n) is 3.37. The van der Waals surface area contributed by atoms with Gasteiger partial charge in [0.1, 0.15) is 12.2 Å². The first-order valence-electron chi connectivity index (χ1n) is 7.19. The lowest BCUT2D eigenvalue weighted by molar-refractivity contribution is -0.0345. The first kappa shape index (κ1) is 16.5. The van der Waals surface area contributed by atoms with Gasteiger partial charge in [-0.15, -0.1) is 0 Å². The number of hydrogen-bond donors (Lipinski definition) is 1. The highest BCUT2D eigenvalue weighted by Crippen LogP contribution is 2.25. The van der Waals surface area contributed by atoms with Crippen molar-refractivity contribution in [1.29, 1.82) is 0 Å². The summed E-state index contributed by atoms with van der Waals surface area (Å²) in [7, 11) is 0. The van der Waals surface area contributed by atoms with Crippen LogP contribution in [0.1, 0.15) is 39.4 Å². The molecule has 4 nitrogen and oxygen atoms in total. The number of hydrogen-bond acceptors (Lipinski definition) is 3. The molecule has 112 valence electrons. The predicted octanol–water partition coefficient (Wildman–Crippen LogP) is 3.22. The number of aliphatic hydroxyl groups is 1. The van der Waals surface area contributed by atoms with Crippen LogP contribution in [0, 0.1) is 5.92 Å². The molecule has 0 fully saturated rings. The molecule has 1 aromatic rings. The second-order valence-electron chi connectivity index (χ2n) is 5.12. The summed E-state index contributed by atoms with van der Waals surface area (Å²) < 4.78 is 5.51. The van der Waals surface area contributed by atoms with E-state index in [2.05, 4.69) is 0 Å². The van der Waals surface area contributed by atoms with Gasteiger partial charge in [-0.25, -0.2) is 4.79 Å². The van der Waals surface area contributed by atoms with E-state index in [0.29, 0.717) is 13.1 Å². The fraction of sp³-hybridized carbons (Fsp3) is 0.562. The van der Waals surface area contributed by atoms with Gasteiger partial charge in [0.2, 0.25) is 0 Å². The number of aliphatic hydroxyl groups excluding tert-OH is 1. The Morgan fingerprint density at radius 1 is 1.20 bits per heavy atom. The van der Waals surface area contributed by atoms with Crippen LogP contribution < -0.4 is 0 Å². The molecule has 0 spiro atoms. The van der Waals surface area contributed by atoms with Crippen LogP contribution in [0.4, 0.5) is 4.79 Å². The lowest BCUT2D eigenvalue weighted by atomic mass is 9.96. The third-order valence-corrected chi connectivity index (χ3v) is 3.37. The van der Waals surface area contributed by atoms with Crippen LogP contribution in [0.2, 0.25) is 0 Å². The summed E-state index contributed by atoms with van der Waals surface area (Å²) in [4.78, 5) is 13.7. The summed E-state index contributed by atoms with van der Waals surface area (Å²) >= 11 is 0. The number of amides is 1. The monoisotopic (exact) mass is 279 g/mol. The number of rotatable bonds is 6. The Morgan fingerprint density at radius 3 is 2.20 bits per heavy atom. The van der Waals surface area contributed by atoms with E-state index < -0.39 is 12.2 Å². The molecule has 0 aliphatic heterocycles. The number of benzene rings is 1. The van der Waals surface area contributed by atoms with Crippen molar-refractivity contribution in [1.82, 2.24) is 4.90 Å². The maximum absolute atomic E-state index is 12.0. The van der Waals surface area contributed by atoms with Crippen LogP contribution in [-0.2, 0) is 4.74 Å². The average Bonchev–Trinajstić information content (AvgIpc) is 2.46. The Labute approximate surface area is 121 Å². The van der Waals surface area contributed by atoms with Crippen LogP contribution >= 0.6 is 0 Å². The van der Waals surface area contributed by atoms with Crippen LogP contribution in [0.15, 0.2) is 30.3 Å². The summed E-state index contributed by atoms with van der Waals surface area (Å²) in [6, 6.07) is 9.30. The van der Waals surface area contributed by atoms with E-state index in [9.17, 15) is 9.90 Å². The van der Waals surface area contributed by atoms with Gasteiger partial charge in [-0.05, 0) is 25.3 Å². The van der Waals surface area contributed by atoms with Crippen molar-refractivity contribution >= 4 is 6.09 Å². The standard InChI is InChI=1S/C16H25NO3/c1-5-17(6-2)16(19)20-15(12(3)4)14(18)13-10-8-7-9-11-13/h7-12,14-15,18H,5-6H2,1-4H3. The van der Waals surface area contributed by atoms with Gasteiger partial charge >= 0.3 is 6.09 Å². The molecule has 0 saturated carbocycles. The number of carbonyl (C=O) groups is 1. The number of nitrogens with zero attached hydrogens (tertiary/aromatic N) is 1. The van der Waals surface area contributed by atoms with Gasteiger partial charge in [0, 0.05) is 13.1 Å². The Balaban J connectivity index is 2.82. The van der Waals surface area contributed by atoms with Crippen molar-refractivity contribution in [3.05, 3.63) is 35.9 Å². The minimum atomic E-state index is -0.810. The molecule has 20 heavy (non-hydrogen) atoms. The predicted molar refractivity (Wildman–Crippen MR) is 79.4 cm³/mol. The van der Waals surface area contributed by atoms with Gasteiger partial charge in [0.25, 0.3) is 0 Å². The Kier molecular flexibility index (Phi) is 6.52. The maximum atomic E-state index is 12.0. The molecule has 0 heterocycles. The third kappa shape index (κ3) is 4.23. The zero-order valence-corrected chi connectivity index (χ0v) is 12.7. The molecule has 1 aromatic carbocycles. The number of ether oxygens (including phenoxy) is 1. The van der Waals surface area contributed by atoms with Crippen molar-refractivity contribution in [2.75, 3.05) is 13.1 Å². The summed E-state index contributed by atoms with van der Waals surface area (Å²) in [5, 5.41) is 10.4. The fourth-order valence-corrected chi connectivity index (χ4v) is 2.08. The van der Waals surface area contributed by atoms with E-state index in [1.807, 2.05) is 58.0 Å². The molecule has 4 heteroatoms. The van der Waals surface area contributed by atoms with Crippen molar-refractivity contribution in [3.8, 4) is 0 Å². The SMILES string of the molecule is CCN(CC)C(=O)OC(C(C)C)C(O)c1ccccc1. The minimum Gasteiger partial charge on any atom is -0.443 e. The van der Waals surface area contributed by atoms with E-state index in [4.69, 9.17) is 4.74 Å². The summed E-state index contributed by atoms with van der Waals surface area (Å²) in [6.45, 7) is 8.88. The normalized spacial score (nSPS) is 13.9.